The van der Waals surface area contributed by atoms with Gasteiger partial charge in [-0.25, -0.2) is 4.90 Å². The molecular formula is C16H18N2O2. The highest BCUT2D eigenvalue weighted by Gasteiger charge is 2.64. The second-order valence-electron chi connectivity index (χ2n) is 5.94. The van der Waals surface area contributed by atoms with Gasteiger partial charge in [-0.15, -0.1) is 0 Å². The van der Waals surface area contributed by atoms with Gasteiger partial charge in [-0.1, -0.05) is 25.1 Å². The van der Waals surface area contributed by atoms with Gasteiger partial charge in [0.2, 0.25) is 11.8 Å². The fourth-order valence-corrected chi connectivity index (χ4v) is 4.51. The Balaban J connectivity index is 1.73. The van der Waals surface area contributed by atoms with E-state index in [1.54, 1.807) is 0 Å². The maximum atomic E-state index is 12.7. The Bertz CT molecular complexity index is 541. The number of benzene rings is 1. The highest BCUT2D eigenvalue weighted by Crippen LogP contribution is 2.50. The molecule has 4 nitrogen and oxygen atoms in total. The van der Waals surface area contributed by atoms with Gasteiger partial charge in [0.25, 0.3) is 0 Å². The van der Waals surface area contributed by atoms with Crippen LogP contribution in [0.4, 0.5) is 5.69 Å². The zero-order chi connectivity index (χ0) is 13.9. The molecular weight excluding hydrogens is 252 g/mol. The van der Waals surface area contributed by atoms with Gasteiger partial charge in [-0.2, -0.15) is 0 Å². The number of hydrogen-bond acceptors (Lipinski definition) is 3. The lowest BCUT2D eigenvalue weighted by molar-refractivity contribution is -0.123. The van der Waals surface area contributed by atoms with Crippen LogP contribution < -0.4 is 4.90 Å². The molecule has 2 bridgehead atoms. The topological polar surface area (TPSA) is 40.6 Å². The monoisotopic (exact) mass is 270 g/mol. The van der Waals surface area contributed by atoms with E-state index in [4.69, 9.17) is 0 Å². The first-order valence-electron chi connectivity index (χ1n) is 7.42. The van der Waals surface area contributed by atoms with E-state index >= 15 is 0 Å². The Hall–Kier alpha value is -1.68. The van der Waals surface area contributed by atoms with Gasteiger partial charge in [-0.3, -0.25) is 14.5 Å². The van der Waals surface area contributed by atoms with Gasteiger partial charge in [0, 0.05) is 12.1 Å². The fraction of sp³-hybridized carbons (Fsp3) is 0.500. The lowest BCUT2D eigenvalue weighted by Crippen LogP contribution is -2.40. The Morgan fingerprint density at radius 3 is 2.05 bits per heavy atom. The molecule has 2 amide bonds. The third-order valence-corrected chi connectivity index (χ3v) is 5.22. The molecule has 0 saturated carbocycles. The largest absolute Gasteiger partial charge is 0.296 e. The van der Waals surface area contributed by atoms with E-state index < -0.39 is 0 Å². The molecule has 4 atom stereocenters. The second kappa shape index (κ2) is 4.16. The van der Waals surface area contributed by atoms with Crippen molar-refractivity contribution >= 4 is 17.5 Å². The molecule has 3 aliphatic rings. The van der Waals surface area contributed by atoms with Crippen molar-refractivity contribution in [2.45, 2.75) is 31.8 Å². The van der Waals surface area contributed by atoms with Crippen molar-refractivity contribution in [2.24, 2.45) is 11.8 Å². The lowest BCUT2D eigenvalue weighted by atomic mass is 9.81. The van der Waals surface area contributed by atoms with Gasteiger partial charge in [-0.05, 0) is 31.5 Å². The molecule has 3 saturated heterocycles. The van der Waals surface area contributed by atoms with Gasteiger partial charge >= 0.3 is 0 Å². The Morgan fingerprint density at radius 2 is 1.55 bits per heavy atom. The van der Waals surface area contributed by atoms with Gasteiger partial charge in [0.1, 0.15) is 0 Å². The van der Waals surface area contributed by atoms with Crippen molar-refractivity contribution in [1.82, 2.24) is 4.90 Å². The summed E-state index contributed by atoms with van der Waals surface area (Å²) in [5.74, 6) is -0.198. The average Bonchev–Trinajstić information content (AvgIpc) is 3.09. The molecule has 4 rings (SSSR count). The van der Waals surface area contributed by atoms with E-state index in [2.05, 4.69) is 11.8 Å². The standard InChI is InChI=1S/C16H18N2O2/c1-2-17-11-8-9-12(17)14-13(11)15(19)18(16(14)20)10-6-4-3-5-7-10/h3-7,11-14H,2,8-9H2,1H3/t11-,12+,13-,14+. The van der Waals surface area contributed by atoms with E-state index in [1.807, 2.05) is 30.3 Å². The molecule has 1 aromatic rings. The predicted molar refractivity (Wildman–Crippen MR) is 75.1 cm³/mol. The van der Waals surface area contributed by atoms with E-state index in [1.165, 1.54) is 4.90 Å². The number of nitrogens with zero attached hydrogens (tertiary/aromatic N) is 2. The minimum absolute atomic E-state index is 0.0110. The van der Waals surface area contributed by atoms with Crippen LogP contribution in [0.1, 0.15) is 19.8 Å². The highest BCUT2D eigenvalue weighted by atomic mass is 16.2. The summed E-state index contributed by atoms with van der Waals surface area (Å²) in [4.78, 5) is 29.2. The van der Waals surface area contributed by atoms with Crippen LogP contribution in [0.25, 0.3) is 0 Å². The Labute approximate surface area is 118 Å². The summed E-state index contributed by atoms with van der Waals surface area (Å²) in [6, 6.07) is 9.89. The first kappa shape index (κ1) is 12.1. The lowest BCUT2D eigenvalue weighted by Gasteiger charge is -2.24. The van der Waals surface area contributed by atoms with Crippen molar-refractivity contribution in [3.05, 3.63) is 30.3 Å². The van der Waals surface area contributed by atoms with Crippen LogP contribution in [0.5, 0.6) is 0 Å². The Morgan fingerprint density at radius 1 is 1.00 bits per heavy atom. The number of para-hydroxylation sites is 1. The molecule has 20 heavy (non-hydrogen) atoms. The molecule has 0 unspecified atom stereocenters. The number of fused-ring (bicyclic) bond motifs is 5. The smallest absolute Gasteiger partial charge is 0.239 e. The van der Waals surface area contributed by atoms with Crippen molar-refractivity contribution < 1.29 is 9.59 Å². The minimum atomic E-state index is -0.110. The first-order chi connectivity index (χ1) is 9.74. The molecule has 0 aromatic heterocycles. The number of amides is 2. The number of imide groups is 1. The molecule has 0 spiro atoms. The van der Waals surface area contributed by atoms with Gasteiger partial charge in [0.05, 0.1) is 17.5 Å². The molecule has 4 heteroatoms. The number of carbonyl (C=O) groups is 2. The van der Waals surface area contributed by atoms with Crippen molar-refractivity contribution in [3.8, 4) is 0 Å². The molecule has 3 aliphatic heterocycles. The SMILES string of the molecule is CCN1[C@@H]2CC[C@H]1[C@@H]1C(=O)N(c3ccccc3)C(=O)[C@@H]12. The van der Waals surface area contributed by atoms with Crippen LogP contribution in [0, 0.1) is 11.8 Å². The normalized spacial score (nSPS) is 36.0. The van der Waals surface area contributed by atoms with E-state index in [0.29, 0.717) is 0 Å². The maximum Gasteiger partial charge on any atom is 0.239 e. The number of anilines is 1. The number of carbonyl (C=O) groups excluding carboxylic acids is 2. The fourth-order valence-electron chi connectivity index (χ4n) is 4.51. The quantitative estimate of drug-likeness (QED) is 0.767. The van der Waals surface area contributed by atoms with Crippen molar-refractivity contribution in [1.29, 1.82) is 0 Å². The first-order valence-corrected chi connectivity index (χ1v) is 7.42. The molecule has 3 heterocycles. The van der Waals surface area contributed by atoms with E-state index in [0.717, 1.165) is 25.1 Å². The summed E-state index contributed by atoms with van der Waals surface area (Å²) >= 11 is 0. The van der Waals surface area contributed by atoms with Crippen molar-refractivity contribution in [3.63, 3.8) is 0 Å². The minimum Gasteiger partial charge on any atom is -0.296 e. The van der Waals surface area contributed by atoms with Crippen LogP contribution >= 0.6 is 0 Å². The summed E-state index contributed by atoms with van der Waals surface area (Å²) in [7, 11) is 0. The van der Waals surface area contributed by atoms with Crippen LogP contribution in [-0.4, -0.2) is 35.3 Å². The Kier molecular flexibility index (Phi) is 2.51. The van der Waals surface area contributed by atoms with Crippen LogP contribution in [-0.2, 0) is 9.59 Å². The zero-order valence-electron chi connectivity index (χ0n) is 11.5. The molecule has 0 radical (unpaired) electrons. The summed E-state index contributed by atoms with van der Waals surface area (Å²) in [5.41, 5.74) is 0.722. The summed E-state index contributed by atoms with van der Waals surface area (Å²) in [6.45, 7) is 3.06. The van der Waals surface area contributed by atoms with Crippen LogP contribution in [0.3, 0.4) is 0 Å². The number of hydrogen-bond donors (Lipinski definition) is 0. The summed E-state index contributed by atoms with van der Waals surface area (Å²) in [5, 5.41) is 0. The highest BCUT2D eigenvalue weighted by molar-refractivity contribution is 6.23. The second-order valence-corrected chi connectivity index (χ2v) is 5.94. The van der Waals surface area contributed by atoms with E-state index in [9.17, 15) is 9.59 Å². The molecule has 3 fully saturated rings. The van der Waals surface area contributed by atoms with Crippen molar-refractivity contribution in [2.75, 3.05) is 11.4 Å². The summed E-state index contributed by atoms with van der Waals surface area (Å²) < 4.78 is 0. The van der Waals surface area contributed by atoms with Gasteiger partial charge in [0.15, 0.2) is 0 Å². The summed E-state index contributed by atoms with van der Waals surface area (Å²) in [6.07, 6.45) is 2.11. The molecule has 1 aromatic carbocycles. The predicted octanol–water partition coefficient (Wildman–Crippen LogP) is 1.66. The third kappa shape index (κ3) is 1.35. The van der Waals surface area contributed by atoms with Crippen LogP contribution in [0.15, 0.2) is 30.3 Å². The maximum absolute atomic E-state index is 12.7. The van der Waals surface area contributed by atoms with E-state index in [-0.39, 0.29) is 35.7 Å². The van der Waals surface area contributed by atoms with Crippen LogP contribution in [0.2, 0.25) is 0 Å². The van der Waals surface area contributed by atoms with Gasteiger partial charge < -0.3 is 0 Å². The third-order valence-electron chi connectivity index (χ3n) is 5.22. The molecule has 0 N–H and O–H groups in total. The average molecular weight is 270 g/mol. The molecule has 104 valence electrons. The molecule has 0 aliphatic carbocycles. The zero-order valence-corrected chi connectivity index (χ0v) is 11.5. The number of rotatable bonds is 2.